The number of hydrogen-bond acceptors (Lipinski definition) is 2. The van der Waals surface area contributed by atoms with Crippen LogP contribution in [-0.2, 0) is 11.2 Å². The summed E-state index contributed by atoms with van der Waals surface area (Å²) in [5.41, 5.74) is 1.04. The molecule has 1 aliphatic carbocycles. The predicted octanol–water partition coefficient (Wildman–Crippen LogP) is 3.54. The lowest BCUT2D eigenvalue weighted by Gasteiger charge is -2.08. The molecule has 4 heteroatoms. The second-order valence-electron chi connectivity index (χ2n) is 4.80. The maximum absolute atomic E-state index is 10.5. The van der Waals surface area contributed by atoms with Crippen LogP contribution < -0.4 is 4.74 Å². The van der Waals surface area contributed by atoms with Gasteiger partial charge in [0, 0.05) is 11.4 Å². The Bertz CT molecular complexity index is 427. The van der Waals surface area contributed by atoms with Crippen molar-refractivity contribution in [1.82, 2.24) is 0 Å². The normalized spacial score (nSPS) is 14.5. The van der Waals surface area contributed by atoms with Crippen LogP contribution in [0.25, 0.3) is 0 Å². The summed E-state index contributed by atoms with van der Waals surface area (Å²) in [4.78, 5) is 10.5. The van der Waals surface area contributed by atoms with E-state index in [2.05, 4.69) is 0 Å². The average molecular weight is 269 g/mol. The van der Waals surface area contributed by atoms with Gasteiger partial charge in [0.1, 0.15) is 5.75 Å². The number of aryl methyl sites for hydroxylation is 1. The summed E-state index contributed by atoms with van der Waals surface area (Å²) in [7, 11) is 0. The van der Waals surface area contributed by atoms with Crippen LogP contribution >= 0.6 is 11.6 Å². The first-order chi connectivity index (χ1) is 8.63. The Kier molecular flexibility index (Phi) is 4.48. The number of rotatable bonds is 7. The molecule has 0 aromatic heterocycles. The van der Waals surface area contributed by atoms with E-state index in [9.17, 15) is 4.79 Å². The largest absolute Gasteiger partial charge is 0.493 e. The summed E-state index contributed by atoms with van der Waals surface area (Å²) < 4.78 is 5.68. The number of halogens is 1. The van der Waals surface area contributed by atoms with Crippen molar-refractivity contribution in [3.63, 3.8) is 0 Å². The smallest absolute Gasteiger partial charge is 0.303 e. The predicted molar refractivity (Wildman–Crippen MR) is 70.2 cm³/mol. The zero-order valence-corrected chi connectivity index (χ0v) is 10.9. The van der Waals surface area contributed by atoms with Crippen LogP contribution in [0, 0.1) is 5.92 Å². The topological polar surface area (TPSA) is 46.5 Å². The lowest BCUT2D eigenvalue weighted by atomic mass is 10.1. The Hall–Kier alpha value is -1.22. The van der Waals surface area contributed by atoms with Crippen LogP contribution in [-0.4, -0.2) is 17.7 Å². The summed E-state index contributed by atoms with van der Waals surface area (Å²) in [5, 5.41) is 9.25. The molecule has 0 saturated heterocycles. The standard InChI is InChI=1S/C14H17ClO3/c15-12-6-11(2-1-3-14(16)17)7-13(8-12)18-9-10-4-5-10/h6-8,10H,1-5,9H2,(H,16,17). The Morgan fingerprint density at radius 3 is 2.83 bits per heavy atom. The van der Waals surface area contributed by atoms with Crippen molar-refractivity contribution in [2.75, 3.05) is 6.61 Å². The van der Waals surface area contributed by atoms with Crippen LogP contribution in [0.15, 0.2) is 18.2 Å². The molecule has 1 fully saturated rings. The molecule has 0 spiro atoms. The number of aliphatic carboxylic acids is 1. The first-order valence-electron chi connectivity index (χ1n) is 6.27. The minimum atomic E-state index is -0.762. The lowest BCUT2D eigenvalue weighted by Crippen LogP contribution is -2.00. The van der Waals surface area contributed by atoms with E-state index in [0.29, 0.717) is 23.8 Å². The average Bonchev–Trinajstić information content (AvgIpc) is 3.09. The second-order valence-corrected chi connectivity index (χ2v) is 5.23. The highest BCUT2D eigenvalue weighted by Gasteiger charge is 2.21. The molecule has 0 atom stereocenters. The summed E-state index contributed by atoms with van der Waals surface area (Å²) in [6.07, 6.45) is 4.03. The van der Waals surface area contributed by atoms with Gasteiger partial charge in [0.05, 0.1) is 6.61 Å². The fourth-order valence-electron chi connectivity index (χ4n) is 1.79. The molecule has 1 N–H and O–H groups in total. The van der Waals surface area contributed by atoms with E-state index in [1.807, 2.05) is 18.2 Å². The van der Waals surface area contributed by atoms with E-state index in [1.54, 1.807) is 0 Å². The molecule has 0 unspecified atom stereocenters. The van der Waals surface area contributed by atoms with Crippen LogP contribution in [0.1, 0.15) is 31.2 Å². The van der Waals surface area contributed by atoms with Crippen molar-refractivity contribution in [3.05, 3.63) is 28.8 Å². The number of carboxylic acids is 1. The van der Waals surface area contributed by atoms with Gasteiger partial charge >= 0.3 is 5.97 Å². The number of hydrogen-bond donors (Lipinski definition) is 1. The monoisotopic (exact) mass is 268 g/mol. The van der Waals surface area contributed by atoms with Gasteiger partial charge in [-0.05, 0) is 55.4 Å². The lowest BCUT2D eigenvalue weighted by molar-refractivity contribution is -0.137. The van der Waals surface area contributed by atoms with Gasteiger partial charge in [-0.25, -0.2) is 0 Å². The van der Waals surface area contributed by atoms with Crippen molar-refractivity contribution < 1.29 is 14.6 Å². The van der Waals surface area contributed by atoms with E-state index < -0.39 is 5.97 Å². The molecule has 3 nitrogen and oxygen atoms in total. The van der Waals surface area contributed by atoms with Gasteiger partial charge in [0.15, 0.2) is 0 Å². The van der Waals surface area contributed by atoms with Crippen molar-refractivity contribution in [2.45, 2.75) is 32.1 Å². The van der Waals surface area contributed by atoms with Gasteiger partial charge in [-0.2, -0.15) is 0 Å². The van der Waals surface area contributed by atoms with Gasteiger partial charge < -0.3 is 9.84 Å². The van der Waals surface area contributed by atoms with Crippen molar-refractivity contribution in [1.29, 1.82) is 0 Å². The molecular formula is C14H17ClO3. The minimum Gasteiger partial charge on any atom is -0.493 e. The van der Waals surface area contributed by atoms with Gasteiger partial charge in [-0.15, -0.1) is 0 Å². The third-order valence-electron chi connectivity index (χ3n) is 2.97. The first kappa shape index (κ1) is 13.2. The van der Waals surface area contributed by atoms with Crippen LogP contribution in [0.2, 0.25) is 5.02 Å². The van der Waals surface area contributed by atoms with E-state index in [0.717, 1.165) is 17.9 Å². The number of carboxylic acid groups (broad SMARTS) is 1. The molecule has 18 heavy (non-hydrogen) atoms. The van der Waals surface area contributed by atoms with Crippen molar-refractivity contribution in [3.8, 4) is 5.75 Å². The van der Waals surface area contributed by atoms with Crippen LogP contribution in [0.4, 0.5) is 0 Å². The van der Waals surface area contributed by atoms with Crippen molar-refractivity contribution >= 4 is 17.6 Å². The van der Waals surface area contributed by atoms with Crippen LogP contribution in [0.5, 0.6) is 5.75 Å². The van der Waals surface area contributed by atoms with E-state index >= 15 is 0 Å². The maximum Gasteiger partial charge on any atom is 0.303 e. The highest BCUT2D eigenvalue weighted by atomic mass is 35.5. The Balaban J connectivity index is 1.89. The van der Waals surface area contributed by atoms with Gasteiger partial charge in [0.25, 0.3) is 0 Å². The summed E-state index contributed by atoms with van der Waals surface area (Å²) in [5.74, 6) is 0.737. The third-order valence-corrected chi connectivity index (χ3v) is 3.19. The molecule has 0 radical (unpaired) electrons. The van der Waals surface area contributed by atoms with E-state index in [-0.39, 0.29) is 6.42 Å². The highest BCUT2D eigenvalue weighted by molar-refractivity contribution is 6.30. The molecule has 2 rings (SSSR count). The van der Waals surface area contributed by atoms with E-state index in [4.69, 9.17) is 21.4 Å². The van der Waals surface area contributed by atoms with Crippen molar-refractivity contribution in [2.24, 2.45) is 5.92 Å². The molecule has 0 amide bonds. The molecule has 1 aromatic carbocycles. The molecule has 1 aliphatic rings. The Morgan fingerprint density at radius 2 is 2.17 bits per heavy atom. The number of benzene rings is 1. The number of carbonyl (C=O) groups is 1. The molecule has 0 heterocycles. The SMILES string of the molecule is O=C(O)CCCc1cc(Cl)cc(OCC2CC2)c1. The summed E-state index contributed by atoms with van der Waals surface area (Å²) in [6, 6.07) is 5.63. The van der Waals surface area contributed by atoms with E-state index in [1.165, 1.54) is 12.8 Å². The molecule has 1 aromatic rings. The molecule has 1 saturated carbocycles. The number of ether oxygens (including phenoxy) is 1. The first-order valence-corrected chi connectivity index (χ1v) is 6.65. The molecule has 0 bridgehead atoms. The Labute approximate surface area is 112 Å². The highest BCUT2D eigenvalue weighted by Crippen LogP contribution is 2.30. The fraction of sp³-hybridized carbons (Fsp3) is 0.500. The summed E-state index contributed by atoms with van der Waals surface area (Å²) >= 11 is 6.03. The fourth-order valence-corrected chi connectivity index (χ4v) is 2.04. The molecule has 0 aliphatic heterocycles. The van der Waals surface area contributed by atoms with Gasteiger partial charge in [-0.1, -0.05) is 11.6 Å². The molecular weight excluding hydrogens is 252 g/mol. The van der Waals surface area contributed by atoms with Gasteiger partial charge in [-0.3, -0.25) is 4.79 Å². The second kappa shape index (κ2) is 6.10. The zero-order valence-electron chi connectivity index (χ0n) is 10.2. The maximum atomic E-state index is 10.5. The molecule has 98 valence electrons. The van der Waals surface area contributed by atoms with Crippen LogP contribution in [0.3, 0.4) is 0 Å². The minimum absolute atomic E-state index is 0.185. The summed E-state index contributed by atoms with van der Waals surface area (Å²) in [6.45, 7) is 0.759. The van der Waals surface area contributed by atoms with Gasteiger partial charge in [0.2, 0.25) is 0 Å². The Morgan fingerprint density at radius 1 is 1.39 bits per heavy atom. The quantitative estimate of drug-likeness (QED) is 0.823. The third kappa shape index (κ3) is 4.57. The zero-order chi connectivity index (χ0) is 13.0.